The Morgan fingerprint density at radius 2 is 1.86 bits per heavy atom. The monoisotopic (exact) mass is 194 g/mol. The van der Waals surface area contributed by atoms with E-state index in [4.69, 9.17) is 0 Å². The molecule has 0 aromatic rings. The minimum Gasteiger partial charge on any atom is -0.299 e. The zero-order valence-corrected chi connectivity index (χ0v) is 9.34. The largest absolute Gasteiger partial charge is 0.299 e. The summed E-state index contributed by atoms with van der Waals surface area (Å²) in [5, 5.41) is 0. The molecule has 2 saturated heterocycles. The Balaban J connectivity index is 1.70. The summed E-state index contributed by atoms with van der Waals surface area (Å²) in [6.45, 7) is 7.89. The molecule has 2 heterocycles. The summed E-state index contributed by atoms with van der Waals surface area (Å²) in [4.78, 5) is 5.51. The van der Waals surface area contributed by atoms with Crippen molar-refractivity contribution in [3.8, 4) is 0 Å². The lowest BCUT2D eigenvalue weighted by Gasteiger charge is -2.30. The highest BCUT2D eigenvalue weighted by molar-refractivity contribution is 5.02. The minimum atomic E-state index is 0.610. The Labute approximate surface area is 87.3 Å². The lowest BCUT2D eigenvalue weighted by Crippen LogP contribution is -2.41. The molecule has 0 bridgehead atoms. The molecule has 1 saturated carbocycles. The predicted octanol–water partition coefficient (Wildman–Crippen LogP) is 1.71. The van der Waals surface area contributed by atoms with E-state index in [2.05, 4.69) is 16.7 Å². The minimum absolute atomic E-state index is 0.610. The van der Waals surface area contributed by atoms with Crippen molar-refractivity contribution in [3.63, 3.8) is 0 Å². The molecule has 1 atom stereocenters. The van der Waals surface area contributed by atoms with Gasteiger partial charge in [-0.05, 0) is 58.7 Å². The van der Waals surface area contributed by atoms with Crippen LogP contribution in [0, 0.1) is 0 Å². The maximum Gasteiger partial charge on any atom is 0.0223 e. The summed E-state index contributed by atoms with van der Waals surface area (Å²) in [7, 11) is 0. The van der Waals surface area contributed by atoms with E-state index < -0.39 is 0 Å². The summed E-state index contributed by atoms with van der Waals surface area (Å²) in [6, 6.07) is 0.898. The fourth-order valence-electron chi connectivity index (χ4n) is 3.19. The van der Waals surface area contributed by atoms with Crippen molar-refractivity contribution in [2.75, 3.05) is 26.2 Å². The molecule has 2 heteroatoms. The zero-order chi connectivity index (χ0) is 9.60. The average molecular weight is 194 g/mol. The van der Waals surface area contributed by atoms with Crippen LogP contribution in [0.25, 0.3) is 0 Å². The van der Waals surface area contributed by atoms with Crippen LogP contribution in [0.5, 0.6) is 0 Å². The third kappa shape index (κ3) is 1.49. The van der Waals surface area contributed by atoms with Crippen molar-refractivity contribution in [1.82, 2.24) is 9.80 Å². The highest BCUT2D eigenvalue weighted by Gasteiger charge is 2.45. The number of hydrogen-bond acceptors (Lipinski definition) is 2. The van der Waals surface area contributed by atoms with Gasteiger partial charge in [0.25, 0.3) is 0 Å². The van der Waals surface area contributed by atoms with Gasteiger partial charge < -0.3 is 0 Å². The van der Waals surface area contributed by atoms with E-state index in [1.807, 2.05) is 0 Å². The Bertz CT molecular complexity index is 222. The molecule has 14 heavy (non-hydrogen) atoms. The van der Waals surface area contributed by atoms with Crippen LogP contribution in [-0.4, -0.2) is 47.6 Å². The van der Waals surface area contributed by atoms with Gasteiger partial charge in [-0.3, -0.25) is 9.80 Å². The van der Waals surface area contributed by atoms with Crippen LogP contribution >= 0.6 is 0 Å². The van der Waals surface area contributed by atoms with E-state index in [9.17, 15) is 0 Å². The molecule has 3 aliphatic rings. The van der Waals surface area contributed by atoms with Gasteiger partial charge in [-0.15, -0.1) is 0 Å². The lowest BCUT2D eigenvalue weighted by molar-refractivity contribution is 0.168. The fourth-order valence-corrected chi connectivity index (χ4v) is 3.19. The van der Waals surface area contributed by atoms with E-state index in [0.29, 0.717) is 5.54 Å². The number of nitrogens with zero attached hydrogens (tertiary/aromatic N) is 2. The van der Waals surface area contributed by atoms with Gasteiger partial charge in [0.2, 0.25) is 0 Å². The second-order valence-electron chi connectivity index (χ2n) is 5.63. The van der Waals surface area contributed by atoms with Crippen LogP contribution in [0.4, 0.5) is 0 Å². The average Bonchev–Trinajstić information content (AvgIpc) is 2.84. The molecule has 80 valence electrons. The first-order chi connectivity index (χ1) is 6.78. The smallest absolute Gasteiger partial charge is 0.0223 e. The molecule has 0 N–H and O–H groups in total. The van der Waals surface area contributed by atoms with Crippen LogP contribution in [0.2, 0.25) is 0 Å². The molecular formula is C12H22N2. The molecule has 0 radical (unpaired) electrons. The molecule has 0 aromatic heterocycles. The van der Waals surface area contributed by atoms with Crippen molar-refractivity contribution in [1.29, 1.82) is 0 Å². The fraction of sp³-hybridized carbons (Fsp3) is 1.00. The molecule has 1 unspecified atom stereocenters. The summed E-state index contributed by atoms with van der Waals surface area (Å²) < 4.78 is 0. The van der Waals surface area contributed by atoms with E-state index in [1.165, 1.54) is 58.3 Å². The molecule has 2 nitrogen and oxygen atoms in total. The molecular weight excluding hydrogens is 172 g/mol. The number of hydrogen-bond donors (Lipinski definition) is 0. The second kappa shape index (κ2) is 3.21. The summed E-state index contributed by atoms with van der Waals surface area (Å²) >= 11 is 0. The summed E-state index contributed by atoms with van der Waals surface area (Å²) in [6.07, 6.45) is 7.17. The summed E-state index contributed by atoms with van der Waals surface area (Å²) in [5.41, 5.74) is 0.610. The molecule has 0 aromatic carbocycles. The van der Waals surface area contributed by atoms with Crippen molar-refractivity contribution >= 4 is 0 Å². The first-order valence-corrected chi connectivity index (χ1v) is 6.27. The molecule has 0 spiro atoms. The van der Waals surface area contributed by atoms with Crippen LogP contribution < -0.4 is 0 Å². The predicted molar refractivity (Wildman–Crippen MR) is 58.4 cm³/mol. The van der Waals surface area contributed by atoms with Crippen LogP contribution in [-0.2, 0) is 0 Å². The maximum atomic E-state index is 2.78. The number of rotatable bonds is 1. The Kier molecular flexibility index (Phi) is 2.10. The highest BCUT2D eigenvalue weighted by atomic mass is 15.3. The second-order valence-corrected chi connectivity index (χ2v) is 5.63. The molecule has 3 rings (SSSR count). The third-order valence-corrected chi connectivity index (χ3v) is 4.54. The Morgan fingerprint density at radius 3 is 2.64 bits per heavy atom. The van der Waals surface area contributed by atoms with Gasteiger partial charge in [0, 0.05) is 18.1 Å². The standard InChI is InChI=1S/C12H22N2/c1-12(5-6-12)14-9-3-8-13-7-2-4-11(13)10-14/h11H,2-10H2,1H3. The maximum absolute atomic E-state index is 2.78. The van der Waals surface area contributed by atoms with Crippen molar-refractivity contribution in [3.05, 3.63) is 0 Å². The van der Waals surface area contributed by atoms with Crippen LogP contribution in [0.1, 0.15) is 39.0 Å². The van der Waals surface area contributed by atoms with Gasteiger partial charge in [0.15, 0.2) is 0 Å². The van der Waals surface area contributed by atoms with Crippen molar-refractivity contribution < 1.29 is 0 Å². The van der Waals surface area contributed by atoms with Crippen molar-refractivity contribution in [2.24, 2.45) is 0 Å². The third-order valence-electron chi connectivity index (χ3n) is 4.54. The Morgan fingerprint density at radius 1 is 1.07 bits per heavy atom. The molecule has 0 amide bonds. The molecule has 3 fully saturated rings. The number of fused-ring (bicyclic) bond motifs is 1. The van der Waals surface area contributed by atoms with Gasteiger partial charge in [0.1, 0.15) is 0 Å². The first-order valence-electron chi connectivity index (χ1n) is 6.27. The van der Waals surface area contributed by atoms with Gasteiger partial charge in [-0.1, -0.05) is 0 Å². The van der Waals surface area contributed by atoms with Gasteiger partial charge in [-0.2, -0.15) is 0 Å². The van der Waals surface area contributed by atoms with Gasteiger partial charge in [0.05, 0.1) is 0 Å². The van der Waals surface area contributed by atoms with Gasteiger partial charge in [-0.25, -0.2) is 0 Å². The highest BCUT2D eigenvalue weighted by Crippen LogP contribution is 2.42. The summed E-state index contributed by atoms with van der Waals surface area (Å²) in [5.74, 6) is 0. The quantitative estimate of drug-likeness (QED) is 0.627. The molecule has 1 aliphatic carbocycles. The van der Waals surface area contributed by atoms with E-state index in [0.717, 1.165) is 6.04 Å². The zero-order valence-electron chi connectivity index (χ0n) is 9.34. The molecule has 2 aliphatic heterocycles. The van der Waals surface area contributed by atoms with Crippen LogP contribution in [0.3, 0.4) is 0 Å². The topological polar surface area (TPSA) is 6.48 Å². The van der Waals surface area contributed by atoms with E-state index in [-0.39, 0.29) is 0 Å². The first kappa shape index (κ1) is 9.17. The van der Waals surface area contributed by atoms with E-state index >= 15 is 0 Å². The normalized spacial score (nSPS) is 37.9. The van der Waals surface area contributed by atoms with E-state index in [1.54, 1.807) is 0 Å². The SMILES string of the molecule is CC1(N2CCCN3CCCC3C2)CC1. The lowest BCUT2D eigenvalue weighted by atomic mass is 10.1. The van der Waals surface area contributed by atoms with Crippen LogP contribution in [0.15, 0.2) is 0 Å². The van der Waals surface area contributed by atoms with Gasteiger partial charge >= 0.3 is 0 Å². The van der Waals surface area contributed by atoms with Crippen molar-refractivity contribution in [2.45, 2.75) is 50.6 Å². The Hall–Kier alpha value is -0.0800.